The van der Waals surface area contributed by atoms with Gasteiger partial charge in [0.15, 0.2) is 5.17 Å². The Morgan fingerprint density at radius 3 is 2.50 bits per heavy atom. The van der Waals surface area contributed by atoms with Gasteiger partial charge in [-0.3, -0.25) is 9.69 Å². The minimum absolute atomic E-state index is 0.144. The number of aliphatic imine (C=N–C) groups is 1. The number of hydrogen-bond donors (Lipinski definition) is 1. The third-order valence-corrected chi connectivity index (χ3v) is 6.47. The molecule has 1 aliphatic rings. The Hall–Kier alpha value is -3.55. The fourth-order valence-electron chi connectivity index (χ4n) is 3.30. The molecule has 1 heterocycles. The Labute approximate surface area is 206 Å². The lowest BCUT2D eigenvalue weighted by molar-refractivity contribution is -0.122. The van der Waals surface area contributed by atoms with E-state index in [2.05, 4.69) is 4.99 Å². The van der Waals surface area contributed by atoms with E-state index < -0.39 is 5.97 Å². The van der Waals surface area contributed by atoms with E-state index in [-0.39, 0.29) is 11.5 Å². The number of aromatic carboxylic acids is 1. The standard InChI is InChI=1S/C26H21ClN2O4S/c1-2-29-24(30)23(34-26(29)28-20-13-11-17(12-14-20)25(31)32)15-18-7-4-6-10-22(18)33-16-19-8-3-5-9-21(19)27/h3-15H,2,16H2,1H3,(H,31,32). The van der Waals surface area contributed by atoms with Crippen LogP contribution in [0.25, 0.3) is 6.08 Å². The molecule has 6 nitrogen and oxygen atoms in total. The second kappa shape index (κ2) is 10.6. The molecule has 1 amide bonds. The molecule has 0 aromatic heterocycles. The van der Waals surface area contributed by atoms with Crippen LogP contribution < -0.4 is 4.74 Å². The molecule has 1 fully saturated rings. The van der Waals surface area contributed by atoms with E-state index in [0.717, 1.165) is 11.1 Å². The van der Waals surface area contributed by atoms with Crippen molar-refractivity contribution in [2.45, 2.75) is 13.5 Å². The zero-order chi connectivity index (χ0) is 24.1. The number of para-hydroxylation sites is 1. The van der Waals surface area contributed by atoms with E-state index in [4.69, 9.17) is 21.4 Å². The number of hydrogen-bond acceptors (Lipinski definition) is 5. The van der Waals surface area contributed by atoms with Crippen LogP contribution in [0.1, 0.15) is 28.4 Å². The molecule has 0 bridgehead atoms. The first-order valence-electron chi connectivity index (χ1n) is 10.5. The maximum absolute atomic E-state index is 13.0. The number of carbonyl (C=O) groups is 2. The van der Waals surface area contributed by atoms with E-state index >= 15 is 0 Å². The van der Waals surface area contributed by atoms with Gasteiger partial charge in [0.05, 0.1) is 16.2 Å². The van der Waals surface area contributed by atoms with Gasteiger partial charge in [0.25, 0.3) is 5.91 Å². The summed E-state index contributed by atoms with van der Waals surface area (Å²) in [6.45, 7) is 2.64. The van der Waals surface area contributed by atoms with Crippen LogP contribution >= 0.6 is 23.4 Å². The second-order valence-electron chi connectivity index (χ2n) is 7.32. The van der Waals surface area contributed by atoms with E-state index in [1.807, 2.05) is 55.5 Å². The van der Waals surface area contributed by atoms with Crippen molar-refractivity contribution in [3.05, 3.63) is 99.4 Å². The maximum Gasteiger partial charge on any atom is 0.335 e. The number of halogens is 1. The monoisotopic (exact) mass is 492 g/mol. The SMILES string of the molecule is CCN1C(=O)C(=Cc2ccccc2OCc2ccccc2Cl)SC1=Nc1ccc(C(=O)O)cc1. The molecule has 1 N–H and O–H groups in total. The molecule has 34 heavy (non-hydrogen) atoms. The lowest BCUT2D eigenvalue weighted by Crippen LogP contribution is -2.28. The number of ether oxygens (including phenoxy) is 1. The van der Waals surface area contributed by atoms with Gasteiger partial charge in [-0.2, -0.15) is 0 Å². The Kier molecular flexibility index (Phi) is 7.35. The summed E-state index contributed by atoms with van der Waals surface area (Å²) < 4.78 is 6.01. The second-order valence-corrected chi connectivity index (χ2v) is 8.74. The minimum atomic E-state index is -1.000. The summed E-state index contributed by atoms with van der Waals surface area (Å²) in [4.78, 5) is 30.8. The van der Waals surface area contributed by atoms with Crippen LogP contribution in [0.5, 0.6) is 5.75 Å². The Balaban J connectivity index is 1.58. The lowest BCUT2D eigenvalue weighted by Gasteiger charge is -2.12. The zero-order valence-corrected chi connectivity index (χ0v) is 19.8. The van der Waals surface area contributed by atoms with Gasteiger partial charge in [0.2, 0.25) is 0 Å². The molecule has 3 aromatic rings. The summed E-state index contributed by atoms with van der Waals surface area (Å²) >= 11 is 7.51. The first kappa shape index (κ1) is 23.6. The molecule has 4 rings (SSSR count). The van der Waals surface area contributed by atoms with E-state index in [0.29, 0.717) is 39.7 Å². The highest BCUT2D eigenvalue weighted by Gasteiger charge is 2.32. The molecular weight excluding hydrogens is 472 g/mol. The van der Waals surface area contributed by atoms with Crippen molar-refractivity contribution in [1.82, 2.24) is 4.90 Å². The normalized spacial score (nSPS) is 15.8. The van der Waals surface area contributed by atoms with Crippen LogP contribution in [0.3, 0.4) is 0 Å². The smallest absolute Gasteiger partial charge is 0.335 e. The summed E-state index contributed by atoms with van der Waals surface area (Å²) in [7, 11) is 0. The van der Waals surface area contributed by atoms with Crippen LogP contribution in [0.2, 0.25) is 5.02 Å². The van der Waals surface area contributed by atoms with Crippen LogP contribution in [0.4, 0.5) is 5.69 Å². The van der Waals surface area contributed by atoms with Crippen molar-refractivity contribution in [2.75, 3.05) is 6.54 Å². The number of thioether (sulfide) groups is 1. The summed E-state index contributed by atoms with van der Waals surface area (Å²) in [5.41, 5.74) is 2.40. The third-order valence-electron chi connectivity index (χ3n) is 5.09. The van der Waals surface area contributed by atoms with E-state index in [1.54, 1.807) is 23.1 Å². The predicted molar refractivity (Wildman–Crippen MR) is 136 cm³/mol. The van der Waals surface area contributed by atoms with Gasteiger partial charge in [-0.05, 0) is 61.2 Å². The minimum Gasteiger partial charge on any atom is -0.488 e. The Bertz CT molecular complexity index is 1290. The van der Waals surface area contributed by atoms with Crippen LogP contribution in [-0.2, 0) is 11.4 Å². The topological polar surface area (TPSA) is 79.2 Å². The average Bonchev–Trinajstić information content (AvgIpc) is 3.13. The number of carboxylic acids is 1. The number of rotatable bonds is 7. The van der Waals surface area contributed by atoms with Crippen LogP contribution in [0.15, 0.2) is 82.7 Å². The fourth-order valence-corrected chi connectivity index (χ4v) is 4.55. The number of nitrogens with zero attached hydrogens (tertiary/aromatic N) is 2. The average molecular weight is 493 g/mol. The van der Waals surface area contributed by atoms with Gasteiger partial charge in [-0.25, -0.2) is 9.79 Å². The fraction of sp³-hybridized carbons (Fsp3) is 0.115. The molecule has 0 unspecified atom stereocenters. The summed E-state index contributed by atoms with van der Waals surface area (Å²) in [6, 6.07) is 21.2. The summed E-state index contributed by atoms with van der Waals surface area (Å²) in [5, 5.41) is 10.2. The van der Waals surface area contributed by atoms with Gasteiger partial charge >= 0.3 is 5.97 Å². The highest BCUT2D eigenvalue weighted by molar-refractivity contribution is 8.18. The van der Waals surface area contributed by atoms with Gasteiger partial charge in [-0.1, -0.05) is 48.0 Å². The zero-order valence-electron chi connectivity index (χ0n) is 18.3. The van der Waals surface area contributed by atoms with Gasteiger partial charge < -0.3 is 9.84 Å². The molecule has 0 spiro atoms. The predicted octanol–water partition coefficient (Wildman–Crippen LogP) is 6.24. The molecule has 3 aromatic carbocycles. The van der Waals surface area contributed by atoms with Crippen molar-refractivity contribution in [3.8, 4) is 5.75 Å². The number of carbonyl (C=O) groups excluding carboxylic acids is 1. The molecule has 0 radical (unpaired) electrons. The number of likely N-dealkylation sites (N-methyl/N-ethyl adjacent to an activating group) is 1. The Morgan fingerprint density at radius 2 is 1.79 bits per heavy atom. The van der Waals surface area contributed by atoms with Crippen molar-refractivity contribution in [3.63, 3.8) is 0 Å². The quantitative estimate of drug-likeness (QED) is 0.395. The number of benzene rings is 3. The molecular formula is C26H21ClN2O4S. The first-order valence-corrected chi connectivity index (χ1v) is 11.7. The number of amidine groups is 1. The van der Waals surface area contributed by atoms with Gasteiger partial charge in [0, 0.05) is 22.7 Å². The molecule has 1 aliphatic heterocycles. The lowest BCUT2D eigenvalue weighted by atomic mass is 10.1. The van der Waals surface area contributed by atoms with E-state index in [9.17, 15) is 9.59 Å². The third kappa shape index (κ3) is 5.32. The number of carboxylic acid groups (broad SMARTS) is 1. The van der Waals surface area contributed by atoms with Crippen LogP contribution in [-0.4, -0.2) is 33.6 Å². The molecule has 8 heteroatoms. The van der Waals surface area contributed by atoms with Crippen molar-refractivity contribution in [1.29, 1.82) is 0 Å². The largest absolute Gasteiger partial charge is 0.488 e. The summed E-state index contributed by atoms with van der Waals surface area (Å²) in [6.07, 6.45) is 1.80. The first-order chi connectivity index (χ1) is 16.5. The summed E-state index contributed by atoms with van der Waals surface area (Å²) in [5.74, 6) is -0.504. The molecule has 172 valence electrons. The van der Waals surface area contributed by atoms with E-state index in [1.165, 1.54) is 23.9 Å². The van der Waals surface area contributed by atoms with Gasteiger partial charge in [0.1, 0.15) is 12.4 Å². The van der Waals surface area contributed by atoms with Gasteiger partial charge in [-0.15, -0.1) is 0 Å². The highest BCUT2D eigenvalue weighted by Crippen LogP contribution is 2.35. The number of amides is 1. The van der Waals surface area contributed by atoms with Crippen molar-refractivity contribution in [2.24, 2.45) is 4.99 Å². The Morgan fingerprint density at radius 1 is 1.09 bits per heavy atom. The van der Waals surface area contributed by atoms with Crippen molar-refractivity contribution >= 4 is 52.2 Å². The van der Waals surface area contributed by atoms with Crippen LogP contribution in [0, 0.1) is 0 Å². The molecule has 0 atom stereocenters. The highest BCUT2D eigenvalue weighted by atomic mass is 35.5. The molecule has 0 aliphatic carbocycles. The van der Waals surface area contributed by atoms with Crippen molar-refractivity contribution < 1.29 is 19.4 Å². The molecule has 1 saturated heterocycles. The maximum atomic E-state index is 13.0. The molecule has 0 saturated carbocycles.